The second-order valence-electron chi connectivity index (χ2n) is 4.55. The van der Waals surface area contributed by atoms with Crippen LogP contribution in [-0.2, 0) is 11.2 Å². The minimum Gasteiger partial charge on any atom is -0.465 e. The number of carbonyl (C=O) groups excluding carboxylic acids is 1. The van der Waals surface area contributed by atoms with Crippen LogP contribution in [0.2, 0.25) is 5.15 Å². The average Bonchev–Trinajstić information content (AvgIpc) is 2.93. The third kappa shape index (κ3) is 4.19. The lowest BCUT2D eigenvalue weighted by atomic mass is 10.1. The topological polar surface area (TPSA) is 62.7 Å². The molecule has 0 aliphatic heterocycles. The molecule has 2 aromatic rings. The van der Waals surface area contributed by atoms with Crippen LogP contribution >= 0.6 is 22.9 Å². The number of thiazole rings is 1. The molecule has 0 aliphatic rings. The Hall–Kier alpha value is -1.63. The van der Waals surface area contributed by atoms with Crippen molar-refractivity contribution in [3.8, 4) is 0 Å². The Labute approximate surface area is 138 Å². The maximum absolute atomic E-state index is 11.6. The number of rotatable bonds is 7. The van der Waals surface area contributed by atoms with Crippen LogP contribution < -0.4 is 4.90 Å². The third-order valence-corrected chi connectivity index (χ3v) is 4.58. The van der Waals surface area contributed by atoms with E-state index in [9.17, 15) is 9.90 Å². The van der Waals surface area contributed by atoms with Crippen molar-refractivity contribution in [3.63, 3.8) is 0 Å². The highest BCUT2D eigenvalue weighted by Crippen LogP contribution is 2.30. The molecule has 0 atom stereocenters. The van der Waals surface area contributed by atoms with E-state index in [2.05, 4.69) is 9.72 Å². The Kier molecular flexibility index (Phi) is 6.18. The summed E-state index contributed by atoms with van der Waals surface area (Å²) < 4.78 is 4.68. The molecule has 2 rings (SSSR count). The zero-order valence-electron chi connectivity index (χ0n) is 12.2. The van der Waals surface area contributed by atoms with Crippen molar-refractivity contribution < 1.29 is 14.6 Å². The predicted molar refractivity (Wildman–Crippen MR) is 87.9 cm³/mol. The average molecular weight is 341 g/mol. The number of halogens is 1. The minimum absolute atomic E-state index is 0.000450. The lowest BCUT2D eigenvalue weighted by Crippen LogP contribution is -2.28. The highest BCUT2D eigenvalue weighted by Gasteiger charge is 2.20. The Morgan fingerprint density at radius 2 is 2.09 bits per heavy atom. The van der Waals surface area contributed by atoms with Crippen LogP contribution in [0.15, 0.2) is 30.3 Å². The summed E-state index contributed by atoms with van der Waals surface area (Å²) in [6.45, 7) is 1.10. The minimum atomic E-state index is -0.499. The van der Waals surface area contributed by atoms with Crippen LogP contribution in [-0.4, -0.2) is 42.9 Å². The van der Waals surface area contributed by atoms with Crippen molar-refractivity contribution in [3.05, 3.63) is 45.9 Å². The van der Waals surface area contributed by atoms with Gasteiger partial charge in [-0.1, -0.05) is 53.3 Å². The lowest BCUT2D eigenvalue weighted by Gasteiger charge is -2.20. The van der Waals surface area contributed by atoms with Gasteiger partial charge in [0.25, 0.3) is 0 Å². The van der Waals surface area contributed by atoms with Gasteiger partial charge in [0, 0.05) is 13.1 Å². The molecule has 0 spiro atoms. The van der Waals surface area contributed by atoms with Crippen molar-refractivity contribution in [1.82, 2.24) is 4.98 Å². The zero-order chi connectivity index (χ0) is 15.9. The Morgan fingerprint density at radius 1 is 1.36 bits per heavy atom. The molecule has 0 unspecified atom stereocenters. The van der Waals surface area contributed by atoms with E-state index in [4.69, 9.17) is 11.6 Å². The molecule has 1 N–H and O–H groups in total. The SMILES string of the molecule is COC(=O)c1sc(N(CCO)CCc2ccccc2)nc1Cl. The Balaban J connectivity index is 2.12. The summed E-state index contributed by atoms with van der Waals surface area (Å²) in [6, 6.07) is 10.0. The van der Waals surface area contributed by atoms with Crippen molar-refractivity contribution >= 4 is 34.0 Å². The first-order chi connectivity index (χ1) is 10.7. The maximum atomic E-state index is 11.6. The van der Waals surface area contributed by atoms with Gasteiger partial charge in [-0.2, -0.15) is 0 Å². The maximum Gasteiger partial charge on any atom is 0.351 e. The van der Waals surface area contributed by atoms with Gasteiger partial charge in [0.1, 0.15) is 0 Å². The Bertz CT molecular complexity index is 619. The first kappa shape index (κ1) is 16.7. The van der Waals surface area contributed by atoms with E-state index in [0.29, 0.717) is 18.2 Å². The fourth-order valence-electron chi connectivity index (χ4n) is 1.98. The van der Waals surface area contributed by atoms with Gasteiger partial charge < -0.3 is 14.7 Å². The molecule has 1 heterocycles. The summed E-state index contributed by atoms with van der Waals surface area (Å²) in [6.07, 6.45) is 0.811. The lowest BCUT2D eigenvalue weighted by molar-refractivity contribution is 0.0606. The van der Waals surface area contributed by atoms with Gasteiger partial charge in [0.05, 0.1) is 13.7 Å². The van der Waals surface area contributed by atoms with Crippen LogP contribution in [0.1, 0.15) is 15.2 Å². The van der Waals surface area contributed by atoms with Crippen molar-refractivity contribution in [2.24, 2.45) is 0 Å². The van der Waals surface area contributed by atoms with Gasteiger partial charge in [-0.25, -0.2) is 9.78 Å². The number of methoxy groups -OCH3 is 1. The molecule has 0 saturated carbocycles. The number of aliphatic hydroxyl groups excluding tert-OH is 1. The number of hydrogen-bond acceptors (Lipinski definition) is 6. The Morgan fingerprint density at radius 3 is 2.73 bits per heavy atom. The van der Waals surface area contributed by atoms with Gasteiger partial charge >= 0.3 is 5.97 Å². The standard InChI is InChI=1S/C15H17ClN2O3S/c1-21-14(20)12-13(16)17-15(22-12)18(9-10-19)8-7-11-5-3-2-4-6-11/h2-6,19H,7-10H2,1H3. The molecule has 1 aromatic carbocycles. The van der Waals surface area contributed by atoms with Crippen molar-refractivity contribution in [2.75, 3.05) is 31.7 Å². The molecule has 5 nitrogen and oxygen atoms in total. The van der Waals surface area contributed by atoms with E-state index >= 15 is 0 Å². The number of nitrogens with zero attached hydrogens (tertiary/aromatic N) is 2. The number of esters is 1. The fraction of sp³-hybridized carbons (Fsp3) is 0.333. The molecule has 0 fully saturated rings. The fourth-order valence-corrected chi connectivity index (χ4v) is 3.23. The molecule has 7 heteroatoms. The van der Waals surface area contributed by atoms with Crippen molar-refractivity contribution in [1.29, 1.82) is 0 Å². The smallest absolute Gasteiger partial charge is 0.351 e. The second-order valence-corrected chi connectivity index (χ2v) is 5.89. The predicted octanol–water partition coefficient (Wildman–Crippen LogP) is 2.62. The van der Waals surface area contributed by atoms with Crippen LogP contribution in [0.25, 0.3) is 0 Å². The molecule has 0 radical (unpaired) electrons. The molecule has 1 aromatic heterocycles. The van der Waals surface area contributed by atoms with Crippen molar-refractivity contribution in [2.45, 2.75) is 6.42 Å². The number of benzene rings is 1. The number of aromatic nitrogens is 1. The molecule has 0 amide bonds. The number of anilines is 1. The number of ether oxygens (including phenoxy) is 1. The van der Waals surface area contributed by atoms with Crippen LogP contribution in [0.5, 0.6) is 0 Å². The van der Waals surface area contributed by atoms with Crippen LogP contribution in [0.4, 0.5) is 5.13 Å². The summed E-state index contributed by atoms with van der Waals surface area (Å²) >= 11 is 7.16. The normalized spacial score (nSPS) is 10.5. The van der Waals surface area contributed by atoms with E-state index in [-0.39, 0.29) is 16.6 Å². The summed E-state index contributed by atoms with van der Waals surface area (Å²) in [5.41, 5.74) is 1.20. The number of carbonyl (C=O) groups is 1. The highest BCUT2D eigenvalue weighted by molar-refractivity contribution is 7.18. The highest BCUT2D eigenvalue weighted by atomic mass is 35.5. The van der Waals surface area contributed by atoms with Crippen LogP contribution in [0.3, 0.4) is 0 Å². The molecule has 0 aliphatic carbocycles. The van der Waals surface area contributed by atoms with Crippen LogP contribution in [0, 0.1) is 0 Å². The molecule has 118 valence electrons. The van der Waals surface area contributed by atoms with E-state index < -0.39 is 5.97 Å². The van der Waals surface area contributed by atoms with Gasteiger partial charge in [0.2, 0.25) is 0 Å². The number of hydrogen-bond donors (Lipinski definition) is 1. The van der Waals surface area contributed by atoms with E-state index in [0.717, 1.165) is 6.42 Å². The summed E-state index contributed by atoms with van der Waals surface area (Å²) in [7, 11) is 1.30. The largest absolute Gasteiger partial charge is 0.465 e. The third-order valence-electron chi connectivity index (χ3n) is 3.10. The molecular formula is C15H17ClN2O3S. The first-order valence-electron chi connectivity index (χ1n) is 6.80. The second kappa shape index (κ2) is 8.12. The summed E-state index contributed by atoms with van der Waals surface area (Å²) in [4.78, 5) is 18.0. The van der Waals surface area contributed by atoms with Gasteiger partial charge in [-0.05, 0) is 12.0 Å². The molecular weight excluding hydrogens is 324 g/mol. The van der Waals surface area contributed by atoms with E-state index in [1.54, 1.807) is 0 Å². The van der Waals surface area contributed by atoms with E-state index in [1.165, 1.54) is 24.0 Å². The molecule has 22 heavy (non-hydrogen) atoms. The van der Waals surface area contributed by atoms with Gasteiger partial charge in [-0.3, -0.25) is 0 Å². The quantitative estimate of drug-likeness (QED) is 0.785. The molecule has 0 saturated heterocycles. The van der Waals surface area contributed by atoms with Gasteiger partial charge in [0.15, 0.2) is 15.2 Å². The first-order valence-corrected chi connectivity index (χ1v) is 7.99. The number of aliphatic hydroxyl groups is 1. The summed E-state index contributed by atoms with van der Waals surface area (Å²) in [5.74, 6) is -0.499. The van der Waals surface area contributed by atoms with Gasteiger partial charge in [-0.15, -0.1) is 0 Å². The summed E-state index contributed by atoms with van der Waals surface area (Å²) in [5, 5.41) is 9.98. The monoisotopic (exact) mass is 340 g/mol. The molecule has 0 bridgehead atoms. The van der Waals surface area contributed by atoms with E-state index in [1.807, 2.05) is 35.2 Å². The zero-order valence-corrected chi connectivity index (χ0v) is 13.7.